The molecule has 1 aromatic heterocycles. The predicted molar refractivity (Wildman–Crippen MR) is 125 cm³/mol. The third-order valence-electron chi connectivity index (χ3n) is 4.99. The van der Waals surface area contributed by atoms with Crippen LogP contribution in [0.1, 0.15) is 27.0 Å². The van der Waals surface area contributed by atoms with E-state index < -0.39 is 73.1 Å². The molecule has 16 heteroatoms. The summed E-state index contributed by atoms with van der Waals surface area (Å²) >= 11 is 5.78. The minimum atomic E-state index is -4.41. The second kappa shape index (κ2) is 11.4. The zero-order valence-electron chi connectivity index (χ0n) is 19.8. The van der Waals surface area contributed by atoms with E-state index in [0.717, 1.165) is 0 Å². The molecule has 37 heavy (non-hydrogen) atoms. The third-order valence-corrected chi connectivity index (χ3v) is 7.05. The molecule has 204 valence electrons. The van der Waals surface area contributed by atoms with E-state index in [0.29, 0.717) is 10.8 Å². The van der Waals surface area contributed by atoms with Crippen LogP contribution in [0.3, 0.4) is 0 Å². The summed E-state index contributed by atoms with van der Waals surface area (Å²) in [6, 6.07) is 6.55. The quantitative estimate of drug-likeness (QED) is 0.220. The zero-order chi connectivity index (χ0) is 27.5. The summed E-state index contributed by atoms with van der Waals surface area (Å²) < 4.78 is 63.9. The Morgan fingerprint density at radius 1 is 1.32 bits per heavy atom. The van der Waals surface area contributed by atoms with Crippen LogP contribution in [0, 0.1) is 5.82 Å². The van der Waals surface area contributed by atoms with Crippen LogP contribution >= 0.6 is 19.3 Å². The van der Waals surface area contributed by atoms with E-state index in [-0.39, 0.29) is 5.75 Å². The zero-order valence-corrected chi connectivity index (χ0v) is 21.4. The number of nitrogens with zero attached hydrogens (tertiary/aromatic N) is 1. The van der Waals surface area contributed by atoms with Crippen LogP contribution in [0.4, 0.5) is 8.78 Å². The van der Waals surface area contributed by atoms with Gasteiger partial charge in [-0.3, -0.25) is 23.7 Å². The first-order chi connectivity index (χ1) is 17.2. The van der Waals surface area contributed by atoms with E-state index in [1.807, 2.05) is 0 Å². The Balaban J connectivity index is 1.82. The number of H-pyrrole nitrogens is 1. The van der Waals surface area contributed by atoms with Crippen LogP contribution < -0.4 is 20.9 Å². The third kappa shape index (κ3) is 6.83. The van der Waals surface area contributed by atoms with Crippen LogP contribution in [-0.4, -0.2) is 56.7 Å². The lowest BCUT2D eigenvalue weighted by Gasteiger charge is -2.25. The summed E-state index contributed by atoms with van der Waals surface area (Å²) in [5.41, 5.74) is -2.61. The van der Waals surface area contributed by atoms with Gasteiger partial charge in [-0.15, -0.1) is 0 Å². The number of hydrogen-bond acceptors (Lipinski definition) is 9. The van der Waals surface area contributed by atoms with Gasteiger partial charge < -0.3 is 19.1 Å². The number of rotatable bonds is 10. The van der Waals surface area contributed by atoms with Crippen molar-refractivity contribution in [1.82, 2.24) is 14.6 Å². The van der Waals surface area contributed by atoms with Gasteiger partial charge in [-0.05, 0) is 32.9 Å². The van der Waals surface area contributed by atoms with Crippen LogP contribution in [0.2, 0.25) is 0 Å². The number of para-hydroxylation sites is 1. The molecular formula is C21H25ClF2N3O9P. The number of ether oxygens (including phenoxy) is 2. The Labute approximate surface area is 214 Å². The van der Waals surface area contributed by atoms with Gasteiger partial charge in [0.25, 0.3) is 10.7 Å². The van der Waals surface area contributed by atoms with Gasteiger partial charge in [0.05, 0.1) is 18.9 Å². The Bertz CT molecular complexity index is 1270. The first-order valence-electron chi connectivity index (χ1n) is 10.9. The highest BCUT2D eigenvalue weighted by Crippen LogP contribution is 2.48. The number of aromatic amines is 1. The van der Waals surface area contributed by atoms with Crippen molar-refractivity contribution < 1.29 is 41.8 Å². The standard InChI is InChI=1S/C21H25ClF2N3O9P/c1-11(2)34-18(30)12(3)26-37(32,36-13-7-5-4-6-8-13)33-10-15-16(28)21(22,24)19(35-15)27-9-14(23)17(29)25-20(27)31/h4-9,11-12,15-16,19,28H,10H2,1-3H3,(H,26,32)(H,25,29,31). The maximum absolute atomic E-state index is 15.2. The molecule has 0 bridgehead atoms. The Hall–Kier alpha value is -2.61. The van der Waals surface area contributed by atoms with Crippen molar-refractivity contribution in [2.45, 2.75) is 56.5 Å². The molecule has 1 aromatic carbocycles. The molecule has 12 nitrogen and oxygen atoms in total. The van der Waals surface area contributed by atoms with E-state index in [2.05, 4.69) is 5.09 Å². The largest absolute Gasteiger partial charge is 0.462 e. The topological polar surface area (TPSA) is 158 Å². The number of carbonyl (C=O) groups is 1. The van der Waals surface area contributed by atoms with E-state index >= 15 is 4.39 Å². The van der Waals surface area contributed by atoms with E-state index in [9.17, 15) is 28.4 Å². The summed E-state index contributed by atoms with van der Waals surface area (Å²) in [5, 5.41) is 9.62. The highest BCUT2D eigenvalue weighted by Gasteiger charge is 2.58. The van der Waals surface area contributed by atoms with Gasteiger partial charge in [0.1, 0.15) is 24.0 Å². The molecule has 3 rings (SSSR count). The molecule has 6 unspecified atom stereocenters. The molecule has 2 heterocycles. The highest BCUT2D eigenvalue weighted by molar-refractivity contribution is 7.52. The van der Waals surface area contributed by atoms with Gasteiger partial charge in [-0.1, -0.05) is 29.8 Å². The molecular weight excluding hydrogens is 543 g/mol. The Kier molecular flexibility index (Phi) is 8.93. The molecule has 1 aliphatic heterocycles. The Morgan fingerprint density at radius 3 is 2.59 bits per heavy atom. The number of benzene rings is 1. The van der Waals surface area contributed by atoms with Gasteiger partial charge in [0.2, 0.25) is 5.82 Å². The van der Waals surface area contributed by atoms with Gasteiger partial charge in [0.15, 0.2) is 6.23 Å². The van der Waals surface area contributed by atoms with Crippen molar-refractivity contribution in [2.75, 3.05) is 6.61 Å². The van der Waals surface area contributed by atoms with Crippen molar-refractivity contribution >= 4 is 25.3 Å². The number of aromatic nitrogens is 2. The molecule has 0 saturated carbocycles. The SMILES string of the molecule is CC(C)OC(=O)C(C)NP(=O)(OCC1OC(n2cc(F)c(=O)[nH]c2=O)C(F)(Cl)C1O)Oc1ccccc1. The number of carbonyl (C=O) groups excluding carboxylic acids is 1. The highest BCUT2D eigenvalue weighted by atomic mass is 35.5. The van der Waals surface area contributed by atoms with Gasteiger partial charge >= 0.3 is 19.4 Å². The minimum Gasteiger partial charge on any atom is -0.462 e. The first-order valence-corrected chi connectivity index (χ1v) is 12.9. The first kappa shape index (κ1) is 29.0. The summed E-state index contributed by atoms with van der Waals surface area (Å²) in [6.45, 7) is 3.75. The van der Waals surface area contributed by atoms with Gasteiger partial charge in [-0.25, -0.2) is 13.8 Å². The van der Waals surface area contributed by atoms with Crippen molar-refractivity contribution in [3.8, 4) is 5.75 Å². The minimum absolute atomic E-state index is 0.0842. The maximum atomic E-state index is 15.2. The number of alkyl halides is 2. The van der Waals surface area contributed by atoms with Crippen molar-refractivity contribution in [3.05, 3.63) is 63.2 Å². The molecule has 1 fully saturated rings. The lowest BCUT2D eigenvalue weighted by atomic mass is 10.1. The Morgan fingerprint density at radius 2 is 1.97 bits per heavy atom. The second-order valence-corrected chi connectivity index (χ2v) is 10.6. The van der Waals surface area contributed by atoms with Crippen molar-refractivity contribution in [3.63, 3.8) is 0 Å². The van der Waals surface area contributed by atoms with E-state index in [1.54, 1.807) is 37.0 Å². The van der Waals surface area contributed by atoms with Gasteiger partial charge in [0, 0.05) is 0 Å². The normalized spacial score (nSPS) is 26.0. The predicted octanol–water partition coefficient (Wildman–Crippen LogP) is 1.97. The fourth-order valence-corrected chi connectivity index (χ4v) is 5.05. The van der Waals surface area contributed by atoms with Crippen molar-refractivity contribution in [1.29, 1.82) is 0 Å². The van der Waals surface area contributed by atoms with Crippen LogP contribution in [0.15, 0.2) is 46.1 Å². The van der Waals surface area contributed by atoms with E-state index in [1.165, 1.54) is 19.1 Å². The smallest absolute Gasteiger partial charge is 0.459 e. The van der Waals surface area contributed by atoms with Crippen LogP contribution in [0.5, 0.6) is 5.75 Å². The summed E-state index contributed by atoms with van der Waals surface area (Å²) in [6.07, 6.45) is -6.02. The molecule has 1 aliphatic rings. The summed E-state index contributed by atoms with van der Waals surface area (Å²) in [5.74, 6) is -2.12. The molecule has 1 saturated heterocycles. The molecule has 6 atom stereocenters. The number of halogens is 3. The number of aliphatic hydroxyl groups excluding tert-OH is 1. The molecule has 2 aromatic rings. The average Bonchev–Trinajstić information content (AvgIpc) is 3.03. The fraction of sp³-hybridized carbons (Fsp3) is 0.476. The fourth-order valence-electron chi connectivity index (χ4n) is 3.25. The van der Waals surface area contributed by atoms with Crippen molar-refractivity contribution in [2.24, 2.45) is 0 Å². The second-order valence-electron chi connectivity index (χ2n) is 8.32. The summed E-state index contributed by atoms with van der Waals surface area (Å²) in [4.78, 5) is 37.2. The number of nitrogens with one attached hydrogen (secondary N) is 2. The summed E-state index contributed by atoms with van der Waals surface area (Å²) in [7, 11) is -4.41. The molecule has 0 radical (unpaired) electrons. The number of aliphatic hydroxyl groups is 1. The monoisotopic (exact) mass is 567 g/mol. The molecule has 3 N–H and O–H groups in total. The number of hydrogen-bond donors (Lipinski definition) is 3. The van der Waals surface area contributed by atoms with Crippen LogP contribution in [0.25, 0.3) is 0 Å². The van der Waals surface area contributed by atoms with Gasteiger partial charge in [-0.2, -0.15) is 9.48 Å². The lowest BCUT2D eigenvalue weighted by Crippen LogP contribution is -2.42. The maximum Gasteiger partial charge on any atom is 0.459 e. The molecule has 0 aliphatic carbocycles. The lowest BCUT2D eigenvalue weighted by molar-refractivity contribution is -0.149. The molecule has 0 amide bonds. The average molecular weight is 568 g/mol. The number of esters is 1. The van der Waals surface area contributed by atoms with E-state index in [4.69, 9.17) is 30.1 Å². The molecule has 0 spiro atoms. The van der Waals surface area contributed by atoms with Crippen LogP contribution in [-0.2, 0) is 23.4 Å².